The summed E-state index contributed by atoms with van der Waals surface area (Å²) in [7, 11) is 0. The van der Waals surface area contributed by atoms with Crippen molar-refractivity contribution < 1.29 is 14.6 Å². The van der Waals surface area contributed by atoms with Gasteiger partial charge in [-0.1, -0.05) is 43.2 Å². The second kappa shape index (κ2) is 7.58. The van der Waals surface area contributed by atoms with Crippen LogP contribution in [0.15, 0.2) is 36.4 Å². The Labute approximate surface area is 185 Å². The van der Waals surface area contributed by atoms with Crippen LogP contribution in [0, 0.1) is 9.49 Å². The fraction of sp³-hybridized carbons (Fsp3) is 0.458. The molecular weight excluding hydrogens is 477 g/mol. The van der Waals surface area contributed by atoms with Crippen molar-refractivity contribution in [3.8, 4) is 5.75 Å². The molecule has 1 saturated heterocycles. The molecule has 3 aliphatic rings. The van der Waals surface area contributed by atoms with Crippen molar-refractivity contribution in [2.75, 3.05) is 6.54 Å². The molecule has 2 aliphatic carbocycles. The Balaban J connectivity index is 1.56. The van der Waals surface area contributed by atoms with Crippen LogP contribution in [-0.2, 0) is 23.2 Å². The summed E-state index contributed by atoms with van der Waals surface area (Å²) < 4.78 is 6.31. The van der Waals surface area contributed by atoms with Crippen molar-refractivity contribution in [1.82, 2.24) is 5.32 Å². The molecule has 1 heterocycles. The first-order chi connectivity index (χ1) is 14.1. The molecule has 1 aliphatic heterocycles. The summed E-state index contributed by atoms with van der Waals surface area (Å²) >= 11 is 2.10. The maximum absolute atomic E-state index is 13.2. The van der Waals surface area contributed by atoms with E-state index in [1.165, 1.54) is 24.8 Å². The number of hydrogen-bond donors (Lipinski definition) is 2. The van der Waals surface area contributed by atoms with E-state index in [9.17, 15) is 9.90 Å². The molecule has 152 valence electrons. The lowest BCUT2D eigenvalue weighted by molar-refractivity contribution is 0.0461. The zero-order valence-corrected chi connectivity index (χ0v) is 18.6. The first-order valence-electron chi connectivity index (χ1n) is 10.6. The molecule has 0 aromatic heterocycles. The standard InChI is InChI=1S/C24H26INO3/c25-22-20(27)13-18-16(21(22)23(28)29-14-15-6-2-1-3-7-15)12-19-17-8-4-5-9-24(17,18)10-11-26-19/h1-3,6-7,13,17,19,26-27H,4-5,8-12,14H2/t17-,19+,24+/m0/s1. The number of carbonyl (C=O) groups excluding carboxylic acids is 1. The topological polar surface area (TPSA) is 58.6 Å². The van der Waals surface area contributed by atoms with Gasteiger partial charge in [0.2, 0.25) is 0 Å². The molecule has 0 unspecified atom stereocenters. The molecule has 2 N–H and O–H groups in total. The highest BCUT2D eigenvalue weighted by atomic mass is 127. The average molecular weight is 503 g/mol. The lowest BCUT2D eigenvalue weighted by Gasteiger charge is -2.56. The number of halogens is 1. The van der Waals surface area contributed by atoms with E-state index in [4.69, 9.17) is 4.74 Å². The zero-order valence-electron chi connectivity index (χ0n) is 16.4. The SMILES string of the molecule is O=C(OCc1ccccc1)c1c(I)c(O)cc2c1C[C@H]1NCC[C@@]23CCCC[C@@H]13. The van der Waals surface area contributed by atoms with Gasteiger partial charge in [-0.3, -0.25) is 0 Å². The molecule has 2 aromatic carbocycles. The third-order valence-corrected chi connectivity index (χ3v) is 8.38. The minimum absolute atomic E-state index is 0.0953. The normalized spacial score (nSPS) is 27.6. The molecule has 4 nitrogen and oxygen atoms in total. The third-order valence-electron chi connectivity index (χ3n) is 7.29. The van der Waals surface area contributed by atoms with Gasteiger partial charge in [0.25, 0.3) is 0 Å². The van der Waals surface area contributed by atoms with Gasteiger partial charge >= 0.3 is 5.97 Å². The number of ether oxygens (including phenoxy) is 1. The molecule has 5 heteroatoms. The summed E-state index contributed by atoms with van der Waals surface area (Å²) in [5.74, 6) is 0.492. The number of aromatic hydroxyl groups is 1. The Hall–Kier alpha value is -1.60. The minimum Gasteiger partial charge on any atom is -0.507 e. The fourth-order valence-electron chi connectivity index (χ4n) is 6.04. The number of esters is 1. The lowest BCUT2D eigenvalue weighted by atomic mass is 9.52. The summed E-state index contributed by atoms with van der Waals surface area (Å²) in [4.78, 5) is 13.2. The van der Waals surface area contributed by atoms with E-state index < -0.39 is 0 Å². The first-order valence-corrected chi connectivity index (χ1v) is 11.7. The van der Waals surface area contributed by atoms with Gasteiger partial charge in [0.15, 0.2) is 0 Å². The molecule has 1 saturated carbocycles. The van der Waals surface area contributed by atoms with Gasteiger partial charge in [0.1, 0.15) is 12.4 Å². The predicted octanol–water partition coefficient (Wildman–Crippen LogP) is 4.70. The van der Waals surface area contributed by atoms with Crippen LogP contribution < -0.4 is 5.32 Å². The van der Waals surface area contributed by atoms with E-state index in [0.29, 0.717) is 21.1 Å². The van der Waals surface area contributed by atoms with Crippen molar-refractivity contribution in [3.63, 3.8) is 0 Å². The zero-order chi connectivity index (χ0) is 20.0. The van der Waals surface area contributed by atoms with Gasteiger partial charge in [0, 0.05) is 11.5 Å². The maximum atomic E-state index is 13.2. The number of fused-ring (bicyclic) bond motifs is 1. The maximum Gasteiger partial charge on any atom is 0.339 e. The van der Waals surface area contributed by atoms with Crippen LogP contribution in [0.25, 0.3) is 0 Å². The van der Waals surface area contributed by atoms with Crippen molar-refractivity contribution in [2.45, 2.75) is 56.6 Å². The molecule has 5 rings (SSSR count). The average Bonchev–Trinajstić information content (AvgIpc) is 2.74. The summed E-state index contributed by atoms with van der Waals surface area (Å²) in [6.07, 6.45) is 6.82. The van der Waals surface area contributed by atoms with Crippen LogP contribution in [0.3, 0.4) is 0 Å². The number of phenolic OH excluding ortho intramolecular Hbond substituents is 1. The molecule has 2 fully saturated rings. The van der Waals surface area contributed by atoms with Crippen LogP contribution >= 0.6 is 22.6 Å². The molecule has 0 radical (unpaired) electrons. The third kappa shape index (κ3) is 3.17. The highest BCUT2D eigenvalue weighted by Gasteiger charge is 2.52. The largest absolute Gasteiger partial charge is 0.507 e. The number of phenols is 1. The lowest BCUT2D eigenvalue weighted by Crippen LogP contribution is -2.59. The van der Waals surface area contributed by atoms with E-state index in [0.717, 1.165) is 36.9 Å². The number of benzene rings is 2. The van der Waals surface area contributed by atoms with Gasteiger partial charge in [-0.15, -0.1) is 0 Å². The highest BCUT2D eigenvalue weighted by molar-refractivity contribution is 14.1. The van der Waals surface area contributed by atoms with Crippen molar-refractivity contribution in [2.24, 2.45) is 5.92 Å². The Morgan fingerprint density at radius 1 is 1.24 bits per heavy atom. The van der Waals surface area contributed by atoms with Crippen molar-refractivity contribution in [3.05, 3.63) is 62.2 Å². The quantitative estimate of drug-likeness (QED) is 0.471. The Morgan fingerprint density at radius 3 is 2.90 bits per heavy atom. The number of carbonyl (C=O) groups is 1. The monoisotopic (exact) mass is 503 g/mol. The van der Waals surface area contributed by atoms with Gasteiger partial charge in [0.05, 0.1) is 9.13 Å². The predicted molar refractivity (Wildman–Crippen MR) is 120 cm³/mol. The van der Waals surface area contributed by atoms with E-state index in [-0.39, 0.29) is 23.7 Å². The van der Waals surface area contributed by atoms with Gasteiger partial charge in [-0.25, -0.2) is 4.79 Å². The summed E-state index contributed by atoms with van der Waals surface area (Å²) in [6, 6.07) is 12.1. The number of hydrogen-bond acceptors (Lipinski definition) is 4. The minimum atomic E-state index is -0.325. The number of piperidine rings is 1. The summed E-state index contributed by atoms with van der Waals surface area (Å²) in [5, 5.41) is 14.5. The van der Waals surface area contributed by atoms with E-state index in [1.807, 2.05) is 36.4 Å². The van der Waals surface area contributed by atoms with Crippen LogP contribution in [0.5, 0.6) is 5.75 Å². The number of nitrogens with one attached hydrogen (secondary N) is 1. The van der Waals surface area contributed by atoms with E-state index >= 15 is 0 Å². The second-order valence-corrected chi connectivity index (χ2v) is 9.77. The van der Waals surface area contributed by atoms with E-state index in [2.05, 4.69) is 27.9 Å². The van der Waals surface area contributed by atoms with Crippen molar-refractivity contribution in [1.29, 1.82) is 0 Å². The summed E-state index contributed by atoms with van der Waals surface area (Å²) in [6.45, 7) is 1.26. The molecule has 2 bridgehead atoms. The van der Waals surface area contributed by atoms with Crippen LogP contribution in [0.2, 0.25) is 0 Å². The van der Waals surface area contributed by atoms with Gasteiger partial charge < -0.3 is 15.2 Å². The molecule has 0 amide bonds. The second-order valence-electron chi connectivity index (χ2n) is 8.70. The molecule has 3 atom stereocenters. The van der Waals surface area contributed by atoms with Gasteiger partial charge in [-0.05, 0) is 83.5 Å². The summed E-state index contributed by atoms with van der Waals surface area (Å²) in [5.41, 5.74) is 3.95. The van der Waals surface area contributed by atoms with Crippen LogP contribution in [0.1, 0.15) is 59.2 Å². The smallest absolute Gasteiger partial charge is 0.339 e. The van der Waals surface area contributed by atoms with E-state index in [1.54, 1.807) is 0 Å². The molecule has 29 heavy (non-hydrogen) atoms. The Kier molecular flexibility index (Phi) is 5.06. The fourth-order valence-corrected chi connectivity index (χ4v) is 6.74. The Morgan fingerprint density at radius 2 is 2.07 bits per heavy atom. The highest BCUT2D eigenvalue weighted by Crippen LogP contribution is 2.55. The molecular formula is C24H26INO3. The van der Waals surface area contributed by atoms with Crippen molar-refractivity contribution >= 4 is 28.6 Å². The van der Waals surface area contributed by atoms with Crippen LogP contribution in [-0.4, -0.2) is 23.7 Å². The van der Waals surface area contributed by atoms with Crippen LogP contribution in [0.4, 0.5) is 0 Å². The Bertz CT molecular complexity index is 941. The molecule has 2 aromatic rings. The number of rotatable bonds is 3. The van der Waals surface area contributed by atoms with Gasteiger partial charge in [-0.2, -0.15) is 0 Å². The first kappa shape index (κ1) is 19.4. The molecule has 0 spiro atoms.